The van der Waals surface area contributed by atoms with E-state index in [1.807, 2.05) is 0 Å². The fraction of sp³-hybridized carbons (Fsp3) is 0.462. The second kappa shape index (κ2) is 5.36. The van der Waals surface area contributed by atoms with Crippen LogP contribution in [0.2, 0.25) is 0 Å². The number of nitrogens with one attached hydrogen (secondary N) is 1. The molecule has 0 saturated heterocycles. The van der Waals surface area contributed by atoms with Crippen molar-refractivity contribution < 1.29 is 9.18 Å². The molecular formula is C13H16BrFN2O. The minimum Gasteiger partial charge on any atom is -0.329 e. The van der Waals surface area contributed by atoms with Crippen molar-refractivity contribution in [1.29, 1.82) is 0 Å². The Morgan fingerprint density at radius 3 is 2.67 bits per heavy atom. The summed E-state index contributed by atoms with van der Waals surface area (Å²) in [5, 5.41) is 2.67. The number of nitrogens with two attached hydrogens (primary N) is 1. The number of para-hydroxylation sites is 1. The first-order valence-corrected chi connectivity index (χ1v) is 6.84. The Morgan fingerprint density at radius 1 is 1.44 bits per heavy atom. The molecule has 0 unspecified atom stereocenters. The van der Waals surface area contributed by atoms with Gasteiger partial charge in [-0.15, -0.1) is 0 Å². The zero-order valence-electron chi connectivity index (χ0n) is 10.0. The van der Waals surface area contributed by atoms with E-state index in [-0.39, 0.29) is 11.6 Å². The number of hydrogen-bond acceptors (Lipinski definition) is 2. The largest absolute Gasteiger partial charge is 0.329 e. The monoisotopic (exact) mass is 314 g/mol. The summed E-state index contributed by atoms with van der Waals surface area (Å²) < 4.78 is 14.2. The quantitative estimate of drug-likeness (QED) is 0.901. The van der Waals surface area contributed by atoms with Crippen molar-refractivity contribution in [2.45, 2.75) is 25.7 Å². The summed E-state index contributed by atoms with van der Waals surface area (Å²) in [7, 11) is 0. The van der Waals surface area contributed by atoms with Crippen molar-refractivity contribution in [2.24, 2.45) is 11.1 Å². The first-order chi connectivity index (χ1) is 8.59. The molecule has 1 saturated carbocycles. The summed E-state index contributed by atoms with van der Waals surface area (Å²) >= 11 is 3.24. The van der Waals surface area contributed by atoms with E-state index in [2.05, 4.69) is 21.2 Å². The zero-order chi connectivity index (χ0) is 13.2. The molecule has 18 heavy (non-hydrogen) atoms. The van der Waals surface area contributed by atoms with Gasteiger partial charge in [-0.1, -0.05) is 18.9 Å². The van der Waals surface area contributed by atoms with Gasteiger partial charge in [0.15, 0.2) is 0 Å². The summed E-state index contributed by atoms with van der Waals surface area (Å²) in [6, 6.07) is 4.61. The van der Waals surface area contributed by atoms with Crippen LogP contribution >= 0.6 is 15.9 Å². The van der Waals surface area contributed by atoms with Crippen LogP contribution in [0.1, 0.15) is 25.7 Å². The highest BCUT2D eigenvalue weighted by Crippen LogP contribution is 2.39. The number of rotatable bonds is 3. The number of amides is 1. The van der Waals surface area contributed by atoms with Gasteiger partial charge in [0.1, 0.15) is 5.82 Å². The number of halogens is 2. The lowest BCUT2D eigenvalue weighted by Gasteiger charge is -2.26. The standard InChI is InChI=1S/C13H16BrFN2O/c14-9-4-3-5-10(15)11(9)17-12(18)13(8-16)6-1-2-7-13/h3-5H,1-2,6-8,16H2,(H,17,18). The van der Waals surface area contributed by atoms with Gasteiger partial charge in [0.05, 0.1) is 11.1 Å². The van der Waals surface area contributed by atoms with E-state index >= 15 is 0 Å². The molecule has 1 aromatic rings. The van der Waals surface area contributed by atoms with Crippen molar-refractivity contribution in [3.05, 3.63) is 28.5 Å². The molecule has 0 heterocycles. The van der Waals surface area contributed by atoms with Crippen LogP contribution in [0.15, 0.2) is 22.7 Å². The van der Waals surface area contributed by atoms with Crippen LogP contribution in [0.3, 0.4) is 0 Å². The average Bonchev–Trinajstić information content (AvgIpc) is 2.84. The third-order valence-electron chi connectivity index (χ3n) is 3.63. The molecule has 98 valence electrons. The highest BCUT2D eigenvalue weighted by Gasteiger charge is 2.40. The Kier molecular flexibility index (Phi) is 4.02. The lowest BCUT2D eigenvalue weighted by molar-refractivity contribution is -0.124. The Balaban J connectivity index is 2.21. The van der Waals surface area contributed by atoms with E-state index < -0.39 is 11.2 Å². The molecule has 3 N–H and O–H groups in total. The van der Waals surface area contributed by atoms with Gasteiger partial charge in [-0.3, -0.25) is 4.79 Å². The maximum absolute atomic E-state index is 13.7. The maximum atomic E-state index is 13.7. The van der Waals surface area contributed by atoms with E-state index in [1.54, 1.807) is 12.1 Å². The van der Waals surface area contributed by atoms with Crippen molar-refractivity contribution in [3.63, 3.8) is 0 Å². The van der Waals surface area contributed by atoms with Crippen molar-refractivity contribution in [3.8, 4) is 0 Å². The minimum absolute atomic E-state index is 0.173. The van der Waals surface area contributed by atoms with E-state index in [4.69, 9.17) is 5.73 Å². The molecule has 1 aliphatic carbocycles. The zero-order valence-corrected chi connectivity index (χ0v) is 11.6. The predicted octanol–water partition coefficient (Wildman–Crippen LogP) is 3.05. The van der Waals surface area contributed by atoms with Crippen LogP contribution in [0.25, 0.3) is 0 Å². The summed E-state index contributed by atoms with van der Waals surface area (Å²) in [5.74, 6) is -0.615. The third-order valence-corrected chi connectivity index (χ3v) is 4.30. The van der Waals surface area contributed by atoms with E-state index in [0.717, 1.165) is 25.7 Å². The molecule has 0 spiro atoms. The van der Waals surface area contributed by atoms with E-state index in [9.17, 15) is 9.18 Å². The maximum Gasteiger partial charge on any atom is 0.231 e. The van der Waals surface area contributed by atoms with Gasteiger partial charge in [-0.25, -0.2) is 4.39 Å². The molecule has 0 bridgehead atoms. The summed E-state index contributed by atoms with van der Waals surface area (Å²) in [5.41, 5.74) is 5.40. The van der Waals surface area contributed by atoms with Gasteiger partial charge in [0.2, 0.25) is 5.91 Å². The van der Waals surface area contributed by atoms with Gasteiger partial charge < -0.3 is 11.1 Å². The topological polar surface area (TPSA) is 55.1 Å². The summed E-state index contributed by atoms with van der Waals surface area (Å²) in [6.45, 7) is 0.310. The first kappa shape index (κ1) is 13.5. The van der Waals surface area contributed by atoms with Crippen LogP contribution < -0.4 is 11.1 Å². The molecule has 0 aliphatic heterocycles. The Bertz CT molecular complexity index is 438. The second-order valence-corrected chi connectivity index (χ2v) is 5.60. The van der Waals surface area contributed by atoms with Gasteiger partial charge in [0, 0.05) is 11.0 Å². The molecule has 0 aromatic heterocycles. The van der Waals surface area contributed by atoms with Crippen LogP contribution in [-0.2, 0) is 4.79 Å². The molecule has 2 rings (SSSR count). The van der Waals surface area contributed by atoms with Crippen molar-refractivity contribution in [2.75, 3.05) is 11.9 Å². The highest BCUT2D eigenvalue weighted by molar-refractivity contribution is 9.10. The lowest BCUT2D eigenvalue weighted by Crippen LogP contribution is -2.40. The number of benzene rings is 1. The number of carbonyl (C=O) groups excluding carboxylic acids is 1. The number of carbonyl (C=O) groups is 1. The predicted molar refractivity (Wildman–Crippen MR) is 72.7 cm³/mol. The lowest BCUT2D eigenvalue weighted by atomic mass is 9.85. The summed E-state index contributed by atoms with van der Waals surface area (Å²) in [4.78, 5) is 12.3. The number of hydrogen-bond donors (Lipinski definition) is 2. The Morgan fingerprint density at radius 2 is 2.11 bits per heavy atom. The Hall–Kier alpha value is -0.940. The molecule has 5 heteroatoms. The van der Waals surface area contributed by atoms with Gasteiger partial charge in [-0.05, 0) is 40.9 Å². The molecule has 0 radical (unpaired) electrons. The summed E-state index contributed by atoms with van der Waals surface area (Å²) in [6.07, 6.45) is 3.56. The highest BCUT2D eigenvalue weighted by atomic mass is 79.9. The van der Waals surface area contributed by atoms with Crippen LogP contribution in [0, 0.1) is 11.2 Å². The SMILES string of the molecule is NCC1(C(=O)Nc2c(F)cccc2Br)CCCC1. The van der Waals surface area contributed by atoms with Gasteiger partial charge in [-0.2, -0.15) is 0 Å². The van der Waals surface area contributed by atoms with Crippen LogP contribution in [-0.4, -0.2) is 12.5 Å². The van der Waals surface area contributed by atoms with E-state index in [0.29, 0.717) is 11.0 Å². The minimum atomic E-state index is -0.526. The third kappa shape index (κ3) is 2.42. The molecule has 1 aromatic carbocycles. The molecule has 1 fully saturated rings. The fourth-order valence-corrected chi connectivity index (χ4v) is 2.88. The molecule has 1 amide bonds. The van der Waals surface area contributed by atoms with Gasteiger partial charge >= 0.3 is 0 Å². The van der Waals surface area contributed by atoms with E-state index in [1.165, 1.54) is 6.07 Å². The molecule has 1 aliphatic rings. The second-order valence-electron chi connectivity index (χ2n) is 4.74. The molecule has 0 atom stereocenters. The molecular weight excluding hydrogens is 299 g/mol. The van der Waals surface area contributed by atoms with Crippen LogP contribution in [0.5, 0.6) is 0 Å². The normalized spacial score (nSPS) is 17.7. The smallest absolute Gasteiger partial charge is 0.231 e. The van der Waals surface area contributed by atoms with Crippen molar-refractivity contribution >= 4 is 27.5 Å². The average molecular weight is 315 g/mol. The first-order valence-electron chi connectivity index (χ1n) is 6.05. The Labute approximate surface area is 114 Å². The molecule has 3 nitrogen and oxygen atoms in total. The van der Waals surface area contributed by atoms with Gasteiger partial charge in [0.25, 0.3) is 0 Å². The number of anilines is 1. The van der Waals surface area contributed by atoms with Crippen molar-refractivity contribution in [1.82, 2.24) is 0 Å². The fourth-order valence-electron chi connectivity index (χ4n) is 2.44. The van der Waals surface area contributed by atoms with Crippen LogP contribution in [0.4, 0.5) is 10.1 Å².